The van der Waals surface area contributed by atoms with Crippen LogP contribution in [0.4, 0.5) is 5.69 Å². The minimum atomic E-state index is -3.71. The summed E-state index contributed by atoms with van der Waals surface area (Å²) in [5.74, 6) is 0.587. The van der Waals surface area contributed by atoms with Crippen LogP contribution in [0.3, 0.4) is 0 Å². The van der Waals surface area contributed by atoms with Crippen LogP contribution >= 0.6 is 0 Å². The van der Waals surface area contributed by atoms with Gasteiger partial charge in [0.05, 0.1) is 10.6 Å². The van der Waals surface area contributed by atoms with E-state index in [4.69, 9.17) is 4.52 Å². The summed E-state index contributed by atoms with van der Waals surface area (Å²) < 4.78 is 33.6. The van der Waals surface area contributed by atoms with Crippen molar-refractivity contribution in [2.75, 3.05) is 4.72 Å². The van der Waals surface area contributed by atoms with Gasteiger partial charge in [-0.2, -0.15) is 0 Å². The molecule has 1 N–H and O–H groups in total. The van der Waals surface area contributed by atoms with Gasteiger partial charge in [-0.1, -0.05) is 35.0 Å². The fourth-order valence-electron chi connectivity index (χ4n) is 2.55. The molecule has 0 amide bonds. The minimum absolute atomic E-state index is 0.221. The molecule has 3 aromatic rings. The van der Waals surface area contributed by atoms with Gasteiger partial charge < -0.3 is 4.52 Å². The zero-order valence-electron chi connectivity index (χ0n) is 14.6. The van der Waals surface area contributed by atoms with Gasteiger partial charge in [-0.3, -0.25) is 4.72 Å². The Balaban J connectivity index is 2.02. The molecule has 0 aliphatic carbocycles. The predicted molar refractivity (Wildman–Crippen MR) is 98.1 cm³/mol. The molecule has 2 aromatic carbocycles. The molecule has 0 aliphatic heterocycles. The number of benzene rings is 2. The highest BCUT2D eigenvalue weighted by atomic mass is 32.2. The SMILES string of the molecule is Cc1ccc(NS(=O)(=O)c2cc(-c3onc(C)c3C)ccc2C)cc1. The average Bonchev–Trinajstić information content (AvgIpc) is 2.89. The normalized spacial score (nSPS) is 11.5. The van der Waals surface area contributed by atoms with Crippen molar-refractivity contribution >= 4 is 15.7 Å². The van der Waals surface area contributed by atoms with Gasteiger partial charge in [-0.05, 0) is 51.5 Å². The third-order valence-corrected chi connectivity index (χ3v) is 5.72. The van der Waals surface area contributed by atoms with E-state index in [0.29, 0.717) is 22.6 Å². The van der Waals surface area contributed by atoms with Crippen LogP contribution in [-0.2, 0) is 10.0 Å². The summed E-state index contributed by atoms with van der Waals surface area (Å²) in [6.45, 7) is 7.48. The molecular formula is C19H20N2O3S. The molecule has 3 rings (SSSR count). The second-order valence-corrected chi connectivity index (χ2v) is 7.82. The summed E-state index contributed by atoms with van der Waals surface area (Å²) in [6, 6.07) is 12.5. The van der Waals surface area contributed by atoms with E-state index in [1.54, 1.807) is 31.2 Å². The van der Waals surface area contributed by atoms with Crippen molar-refractivity contribution in [1.82, 2.24) is 5.16 Å². The van der Waals surface area contributed by atoms with Gasteiger partial charge >= 0.3 is 0 Å². The number of hydrogen-bond donors (Lipinski definition) is 1. The van der Waals surface area contributed by atoms with Crippen LogP contribution < -0.4 is 4.72 Å². The summed E-state index contributed by atoms with van der Waals surface area (Å²) in [4.78, 5) is 0.221. The van der Waals surface area contributed by atoms with E-state index in [1.165, 1.54) is 0 Å². The Hall–Kier alpha value is -2.60. The number of anilines is 1. The van der Waals surface area contributed by atoms with Crippen LogP contribution in [0.2, 0.25) is 0 Å². The van der Waals surface area contributed by atoms with Crippen molar-refractivity contribution in [3.8, 4) is 11.3 Å². The molecule has 5 nitrogen and oxygen atoms in total. The smallest absolute Gasteiger partial charge is 0.262 e. The molecule has 0 fully saturated rings. The Morgan fingerprint density at radius 2 is 1.64 bits per heavy atom. The average molecular weight is 356 g/mol. The highest BCUT2D eigenvalue weighted by Gasteiger charge is 2.20. The van der Waals surface area contributed by atoms with E-state index in [2.05, 4.69) is 9.88 Å². The van der Waals surface area contributed by atoms with Crippen LogP contribution in [-0.4, -0.2) is 13.6 Å². The quantitative estimate of drug-likeness (QED) is 0.753. The Morgan fingerprint density at radius 3 is 2.24 bits per heavy atom. The third kappa shape index (κ3) is 3.44. The van der Waals surface area contributed by atoms with E-state index < -0.39 is 10.0 Å². The molecule has 0 radical (unpaired) electrons. The fraction of sp³-hybridized carbons (Fsp3) is 0.211. The molecule has 0 spiro atoms. The van der Waals surface area contributed by atoms with Crippen LogP contribution in [0.5, 0.6) is 0 Å². The molecule has 0 unspecified atom stereocenters. The molecule has 0 saturated heterocycles. The van der Waals surface area contributed by atoms with Gasteiger partial charge in [0, 0.05) is 16.8 Å². The van der Waals surface area contributed by atoms with Gasteiger partial charge in [-0.15, -0.1) is 0 Å². The molecule has 6 heteroatoms. The molecule has 0 atom stereocenters. The van der Waals surface area contributed by atoms with Crippen molar-refractivity contribution in [3.05, 3.63) is 64.8 Å². The van der Waals surface area contributed by atoms with E-state index >= 15 is 0 Å². The first-order valence-electron chi connectivity index (χ1n) is 7.91. The van der Waals surface area contributed by atoms with Gasteiger partial charge in [-0.25, -0.2) is 8.42 Å². The van der Waals surface area contributed by atoms with Gasteiger partial charge in [0.2, 0.25) is 0 Å². The summed E-state index contributed by atoms with van der Waals surface area (Å²) >= 11 is 0. The van der Waals surface area contributed by atoms with Crippen molar-refractivity contribution in [2.24, 2.45) is 0 Å². The lowest BCUT2D eigenvalue weighted by Gasteiger charge is -2.12. The van der Waals surface area contributed by atoms with E-state index in [-0.39, 0.29) is 4.90 Å². The summed E-state index contributed by atoms with van der Waals surface area (Å²) in [5.41, 5.74) is 4.64. The monoisotopic (exact) mass is 356 g/mol. The summed E-state index contributed by atoms with van der Waals surface area (Å²) in [5, 5.41) is 3.94. The Labute approximate surface area is 147 Å². The molecule has 1 aromatic heterocycles. The molecule has 0 saturated carbocycles. The van der Waals surface area contributed by atoms with Crippen molar-refractivity contribution in [2.45, 2.75) is 32.6 Å². The van der Waals surface area contributed by atoms with Crippen LogP contribution in [0.1, 0.15) is 22.4 Å². The summed E-state index contributed by atoms with van der Waals surface area (Å²) in [6.07, 6.45) is 0. The summed E-state index contributed by atoms with van der Waals surface area (Å²) in [7, 11) is -3.71. The molecule has 1 heterocycles. The zero-order chi connectivity index (χ0) is 18.2. The largest absolute Gasteiger partial charge is 0.356 e. The van der Waals surface area contributed by atoms with Gasteiger partial charge in [0.15, 0.2) is 5.76 Å². The maximum atomic E-state index is 12.8. The second-order valence-electron chi connectivity index (χ2n) is 6.17. The van der Waals surface area contributed by atoms with Crippen molar-refractivity contribution < 1.29 is 12.9 Å². The molecule has 0 bridgehead atoms. The van der Waals surface area contributed by atoms with Crippen LogP contribution in [0.25, 0.3) is 11.3 Å². The van der Waals surface area contributed by atoms with E-state index in [0.717, 1.165) is 16.8 Å². The lowest BCUT2D eigenvalue weighted by Crippen LogP contribution is -2.14. The number of sulfonamides is 1. The Bertz CT molecular complexity index is 1020. The third-order valence-electron chi connectivity index (χ3n) is 4.20. The lowest BCUT2D eigenvalue weighted by atomic mass is 10.1. The first-order valence-corrected chi connectivity index (χ1v) is 9.39. The van der Waals surface area contributed by atoms with Gasteiger partial charge in [0.1, 0.15) is 0 Å². The molecular weight excluding hydrogens is 336 g/mol. The fourth-order valence-corrected chi connectivity index (χ4v) is 3.88. The first-order chi connectivity index (χ1) is 11.8. The first kappa shape index (κ1) is 17.2. The number of rotatable bonds is 4. The number of aryl methyl sites for hydroxylation is 3. The number of nitrogens with one attached hydrogen (secondary N) is 1. The lowest BCUT2D eigenvalue weighted by molar-refractivity contribution is 0.427. The predicted octanol–water partition coefficient (Wildman–Crippen LogP) is 4.38. The Kier molecular flexibility index (Phi) is 4.39. The molecule has 0 aliphatic rings. The van der Waals surface area contributed by atoms with Crippen LogP contribution in [0, 0.1) is 27.7 Å². The van der Waals surface area contributed by atoms with E-state index in [9.17, 15) is 8.42 Å². The minimum Gasteiger partial charge on any atom is -0.356 e. The number of nitrogens with zero attached hydrogens (tertiary/aromatic N) is 1. The zero-order valence-corrected chi connectivity index (χ0v) is 15.4. The van der Waals surface area contributed by atoms with Crippen molar-refractivity contribution in [3.63, 3.8) is 0 Å². The second kappa shape index (κ2) is 6.37. The Morgan fingerprint density at radius 1 is 0.960 bits per heavy atom. The maximum Gasteiger partial charge on any atom is 0.262 e. The molecule has 25 heavy (non-hydrogen) atoms. The van der Waals surface area contributed by atoms with Crippen molar-refractivity contribution in [1.29, 1.82) is 0 Å². The van der Waals surface area contributed by atoms with Crippen LogP contribution in [0.15, 0.2) is 51.9 Å². The number of hydrogen-bond acceptors (Lipinski definition) is 4. The highest BCUT2D eigenvalue weighted by Crippen LogP contribution is 2.29. The van der Waals surface area contributed by atoms with E-state index in [1.807, 2.05) is 39.0 Å². The topological polar surface area (TPSA) is 72.2 Å². The standard InChI is InChI=1S/C19H20N2O3S/c1-12-5-9-17(10-6-12)21-25(22,23)18-11-16(8-7-13(18)2)19-14(3)15(4)20-24-19/h5-11,21H,1-4H3. The highest BCUT2D eigenvalue weighted by molar-refractivity contribution is 7.92. The van der Waals surface area contributed by atoms with Gasteiger partial charge in [0.25, 0.3) is 10.0 Å². The maximum absolute atomic E-state index is 12.8. The number of aromatic nitrogens is 1. The molecule has 130 valence electrons.